The van der Waals surface area contributed by atoms with Crippen LogP contribution in [-0.4, -0.2) is 4.98 Å². The molecule has 0 fully saturated rings. The van der Waals surface area contributed by atoms with Crippen molar-refractivity contribution in [1.82, 2.24) is 4.98 Å². The van der Waals surface area contributed by atoms with E-state index in [1.807, 2.05) is 0 Å². The Morgan fingerprint density at radius 3 is 1.03 bits per heavy atom. The average molecular weight is 962 g/mol. The second-order valence-corrected chi connectivity index (χ2v) is 20.8. The number of hydrogen-bond acceptors (Lipinski definition) is 1. The van der Waals surface area contributed by atoms with Gasteiger partial charge in [0.05, 0.1) is 22.2 Å². The van der Waals surface area contributed by atoms with Gasteiger partial charge in [-0.2, -0.15) is 0 Å². The van der Waals surface area contributed by atoms with Crippen LogP contribution < -0.4 is 0 Å². The molecule has 0 bridgehead atoms. The SMILES string of the molecule is c1ccc(-c2cccc(-c3ccc4c(-c5ccccc5)c5cc(-c6ccc7c(c6)C6(c8ccccc8-7)c7ccccc7C7(c8ccccc8-c8ccccc87)c7ccccc76)ccc5c(-c5ccccc5)c4c3)n2)cc1. The highest BCUT2D eigenvalue weighted by atomic mass is 14.7. The summed E-state index contributed by atoms with van der Waals surface area (Å²) < 4.78 is 0. The quantitative estimate of drug-likeness (QED) is 0.157. The molecule has 1 heteroatoms. The van der Waals surface area contributed by atoms with Crippen molar-refractivity contribution in [3.8, 4) is 78.1 Å². The first-order valence-corrected chi connectivity index (χ1v) is 26.5. The smallest absolute Gasteiger partial charge is 0.0720 e. The van der Waals surface area contributed by atoms with Crippen LogP contribution in [0.25, 0.3) is 99.7 Å². The van der Waals surface area contributed by atoms with Crippen molar-refractivity contribution in [2.24, 2.45) is 0 Å². The highest BCUT2D eigenvalue weighted by Gasteiger charge is 2.58. The van der Waals surface area contributed by atoms with Gasteiger partial charge < -0.3 is 0 Å². The maximum absolute atomic E-state index is 5.24. The molecule has 13 aromatic rings. The summed E-state index contributed by atoms with van der Waals surface area (Å²) in [6, 6.07) is 107. The molecule has 0 amide bonds. The van der Waals surface area contributed by atoms with Gasteiger partial charge in [0.25, 0.3) is 0 Å². The number of benzene rings is 12. The second kappa shape index (κ2) is 16.4. The van der Waals surface area contributed by atoms with Crippen LogP contribution in [0.1, 0.15) is 44.5 Å². The molecule has 1 nitrogen and oxygen atoms in total. The highest BCUT2D eigenvalue weighted by molar-refractivity contribution is 6.22. The summed E-state index contributed by atoms with van der Waals surface area (Å²) in [4.78, 5) is 5.24. The summed E-state index contributed by atoms with van der Waals surface area (Å²) in [5.41, 5.74) is 26.2. The summed E-state index contributed by atoms with van der Waals surface area (Å²) in [7, 11) is 0. The van der Waals surface area contributed by atoms with E-state index in [4.69, 9.17) is 4.98 Å². The molecule has 2 spiro atoms. The lowest BCUT2D eigenvalue weighted by Gasteiger charge is -2.48. The Hall–Kier alpha value is -9.69. The minimum absolute atomic E-state index is 0.490. The Morgan fingerprint density at radius 2 is 0.539 bits per heavy atom. The van der Waals surface area contributed by atoms with Crippen LogP contribution >= 0.6 is 0 Å². The summed E-state index contributed by atoms with van der Waals surface area (Å²) in [6.45, 7) is 0. The molecule has 0 saturated heterocycles. The first-order valence-electron chi connectivity index (χ1n) is 26.5. The van der Waals surface area contributed by atoms with E-state index in [2.05, 4.69) is 285 Å². The van der Waals surface area contributed by atoms with Crippen LogP contribution in [0, 0.1) is 0 Å². The van der Waals surface area contributed by atoms with Gasteiger partial charge in [-0.15, -0.1) is 0 Å². The van der Waals surface area contributed by atoms with E-state index in [9.17, 15) is 0 Å². The fourth-order valence-electron chi connectivity index (χ4n) is 14.2. The van der Waals surface area contributed by atoms with E-state index in [1.54, 1.807) is 0 Å². The molecule has 76 heavy (non-hydrogen) atoms. The Morgan fingerprint density at radius 1 is 0.197 bits per heavy atom. The van der Waals surface area contributed by atoms with E-state index >= 15 is 0 Å². The van der Waals surface area contributed by atoms with Crippen molar-refractivity contribution in [2.45, 2.75) is 10.8 Å². The van der Waals surface area contributed by atoms with Crippen molar-refractivity contribution in [3.05, 3.63) is 330 Å². The molecule has 0 atom stereocenters. The van der Waals surface area contributed by atoms with Gasteiger partial charge in [0.2, 0.25) is 0 Å². The zero-order valence-corrected chi connectivity index (χ0v) is 41.6. The Kier molecular flexibility index (Phi) is 9.24. The van der Waals surface area contributed by atoms with E-state index in [0.717, 1.165) is 22.5 Å². The molecule has 0 saturated carbocycles. The van der Waals surface area contributed by atoms with Crippen molar-refractivity contribution in [3.63, 3.8) is 0 Å². The normalized spacial score (nSPS) is 13.7. The molecule has 3 aliphatic carbocycles. The first-order chi connectivity index (χ1) is 37.7. The van der Waals surface area contributed by atoms with Crippen LogP contribution in [0.2, 0.25) is 0 Å². The van der Waals surface area contributed by atoms with Gasteiger partial charge in [-0.05, 0) is 152 Å². The topological polar surface area (TPSA) is 12.9 Å². The monoisotopic (exact) mass is 961 g/mol. The molecule has 12 aromatic carbocycles. The lowest BCUT2D eigenvalue weighted by atomic mass is 9.52. The number of aromatic nitrogens is 1. The van der Waals surface area contributed by atoms with Crippen molar-refractivity contribution in [1.29, 1.82) is 0 Å². The van der Waals surface area contributed by atoms with Crippen LogP contribution in [0.4, 0.5) is 0 Å². The molecule has 352 valence electrons. The molecule has 0 radical (unpaired) electrons. The van der Waals surface area contributed by atoms with E-state index in [-0.39, 0.29) is 0 Å². The Bertz CT molecular complexity index is 4420. The van der Waals surface area contributed by atoms with Gasteiger partial charge in [-0.25, -0.2) is 4.98 Å². The lowest BCUT2D eigenvalue weighted by Crippen LogP contribution is -2.43. The molecule has 16 rings (SSSR count). The fourth-order valence-corrected chi connectivity index (χ4v) is 14.2. The Labute approximate surface area is 442 Å². The third-order valence-corrected chi connectivity index (χ3v) is 17.2. The van der Waals surface area contributed by atoms with Crippen molar-refractivity contribution >= 4 is 21.5 Å². The summed E-state index contributed by atoms with van der Waals surface area (Å²) in [5, 5.41) is 4.85. The predicted molar refractivity (Wildman–Crippen MR) is 315 cm³/mol. The van der Waals surface area contributed by atoms with E-state index in [0.29, 0.717) is 0 Å². The number of hydrogen-bond donors (Lipinski definition) is 0. The lowest BCUT2D eigenvalue weighted by molar-refractivity contribution is 0.633. The van der Waals surface area contributed by atoms with Gasteiger partial charge in [0, 0.05) is 11.1 Å². The molecular weight excluding hydrogens is 915 g/mol. The highest BCUT2D eigenvalue weighted by Crippen LogP contribution is 2.67. The van der Waals surface area contributed by atoms with Crippen molar-refractivity contribution in [2.75, 3.05) is 0 Å². The third-order valence-electron chi connectivity index (χ3n) is 17.2. The first kappa shape index (κ1) is 42.8. The number of pyridine rings is 1. The number of rotatable bonds is 5. The number of nitrogens with zero attached hydrogens (tertiary/aromatic N) is 1. The van der Waals surface area contributed by atoms with Crippen LogP contribution in [0.15, 0.2) is 285 Å². The van der Waals surface area contributed by atoms with Gasteiger partial charge in [0.15, 0.2) is 0 Å². The molecule has 0 aliphatic heterocycles. The van der Waals surface area contributed by atoms with E-state index in [1.165, 1.54) is 122 Å². The van der Waals surface area contributed by atoms with Gasteiger partial charge in [0.1, 0.15) is 0 Å². The maximum Gasteiger partial charge on any atom is 0.0720 e. The minimum Gasteiger partial charge on any atom is -0.248 e. The predicted octanol–water partition coefficient (Wildman–Crippen LogP) is 18.8. The van der Waals surface area contributed by atoms with Gasteiger partial charge in [-0.3, -0.25) is 0 Å². The van der Waals surface area contributed by atoms with Gasteiger partial charge >= 0.3 is 0 Å². The zero-order valence-electron chi connectivity index (χ0n) is 41.6. The minimum atomic E-state index is -0.581. The Balaban J connectivity index is 0.943. The number of fused-ring (bicyclic) bond motifs is 18. The molecular formula is C75H47N. The molecule has 3 aliphatic rings. The third kappa shape index (κ3) is 5.83. The summed E-state index contributed by atoms with van der Waals surface area (Å²) >= 11 is 0. The average Bonchev–Trinajstić information content (AvgIpc) is 4.18. The summed E-state index contributed by atoms with van der Waals surface area (Å²) in [6.07, 6.45) is 0. The standard InChI is InChI=1S/C75H47N/c1-4-21-48(22-5-1)70-37-20-38-71(76-70)53-41-44-59-61(46-53)73(50-25-8-3-9-26-50)58-43-40-51(45-60(58)72(59)49-23-6-2-7-24-49)52-39-42-57-56-29-12-15-32-64(56)75(69(57)47-52)67-35-18-16-33-65(67)74(66-34-17-19-36-68(66)75)62-30-13-10-27-54(62)55-28-11-14-31-63(55)74/h1-47H. The van der Waals surface area contributed by atoms with Crippen LogP contribution in [0.3, 0.4) is 0 Å². The zero-order chi connectivity index (χ0) is 50.0. The summed E-state index contributed by atoms with van der Waals surface area (Å²) in [5.74, 6) is 0. The molecule has 0 unspecified atom stereocenters. The fraction of sp³-hybridized carbons (Fsp3) is 0.0267. The van der Waals surface area contributed by atoms with Crippen molar-refractivity contribution < 1.29 is 0 Å². The maximum atomic E-state index is 5.24. The molecule has 0 N–H and O–H groups in total. The molecule has 1 aromatic heterocycles. The second-order valence-electron chi connectivity index (χ2n) is 20.8. The van der Waals surface area contributed by atoms with E-state index < -0.39 is 10.8 Å². The largest absolute Gasteiger partial charge is 0.248 e. The molecule has 1 heterocycles. The van der Waals surface area contributed by atoms with Crippen LogP contribution in [0.5, 0.6) is 0 Å². The van der Waals surface area contributed by atoms with Crippen LogP contribution in [-0.2, 0) is 10.8 Å². The van der Waals surface area contributed by atoms with Gasteiger partial charge in [-0.1, -0.05) is 255 Å².